The van der Waals surface area contributed by atoms with Crippen molar-refractivity contribution in [2.75, 3.05) is 39.5 Å². The molecule has 2 fully saturated rings. The van der Waals surface area contributed by atoms with Crippen molar-refractivity contribution in [3.63, 3.8) is 0 Å². The number of carbonyl (C=O) groups is 2. The predicted molar refractivity (Wildman–Crippen MR) is 123 cm³/mol. The monoisotopic (exact) mass is 444 g/mol. The molecule has 0 radical (unpaired) electrons. The molecule has 0 amide bonds. The normalized spacial score (nSPS) is 20.7. The van der Waals surface area contributed by atoms with Crippen molar-refractivity contribution < 1.29 is 28.5 Å². The van der Waals surface area contributed by atoms with Crippen molar-refractivity contribution in [2.45, 2.75) is 91.9 Å². The lowest BCUT2D eigenvalue weighted by atomic mass is 10.1. The van der Waals surface area contributed by atoms with Gasteiger partial charge in [0.1, 0.15) is 17.7 Å². The van der Waals surface area contributed by atoms with Crippen LogP contribution in [0.3, 0.4) is 0 Å². The quantitative estimate of drug-likeness (QED) is 0.650. The highest BCUT2D eigenvalue weighted by Gasteiger charge is 2.19. The lowest BCUT2D eigenvalue weighted by molar-refractivity contribution is -0.154. The standard InChI is InChI=1S/C11H21NO3.C11H19NO3.CH4/c2*1-11(2,3)15-10(13)7-12-9-5-4-6-14-8-9;/h9,12H,4-8H2,1-3H3;4-8H2,1-3H3;1H4. The van der Waals surface area contributed by atoms with Crippen molar-refractivity contribution in [2.24, 2.45) is 4.99 Å². The van der Waals surface area contributed by atoms with Crippen LogP contribution in [0.25, 0.3) is 0 Å². The van der Waals surface area contributed by atoms with Crippen LogP contribution in [0.4, 0.5) is 0 Å². The van der Waals surface area contributed by atoms with Crippen LogP contribution in [-0.2, 0) is 28.5 Å². The number of nitrogens with zero attached hydrogens (tertiary/aromatic N) is 1. The molecule has 0 aliphatic carbocycles. The average molecular weight is 445 g/mol. The predicted octanol–water partition coefficient (Wildman–Crippen LogP) is 3.31. The van der Waals surface area contributed by atoms with Gasteiger partial charge in [-0.05, 0) is 67.2 Å². The van der Waals surface area contributed by atoms with E-state index in [0.717, 1.165) is 44.6 Å². The summed E-state index contributed by atoms with van der Waals surface area (Å²) in [5, 5.41) is 3.14. The fourth-order valence-corrected chi connectivity index (χ4v) is 2.82. The van der Waals surface area contributed by atoms with Gasteiger partial charge in [-0.2, -0.15) is 0 Å². The Morgan fingerprint density at radius 1 is 1.00 bits per heavy atom. The van der Waals surface area contributed by atoms with Gasteiger partial charge in [-0.3, -0.25) is 14.6 Å². The van der Waals surface area contributed by atoms with Gasteiger partial charge in [-0.1, -0.05) is 7.43 Å². The minimum Gasteiger partial charge on any atom is -0.459 e. The second-order valence-corrected chi connectivity index (χ2v) is 9.51. The zero-order valence-corrected chi connectivity index (χ0v) is 19.5. The molecule has 0 aromatic carbocycles. The number of hydrogen-bond acceptors (Lipinski definition) is 8. The second-order valence-electron chi connectivity index (χ2n) is 9.51. The first-order chi connectivity index (χ1) is 13.9. The molecule has 8 heteroatoms. The summed E-state index contributed by atoms with van der Waals surface area (Å²) in [7, 11) is 0. The molecular weight excluding hydrogens is 400 g/mol. The van der Waals surface area contributed by atoms with Gasteiger partial charge in [-0.25, -0.2) is 0 Å². The Balaban J connectivity index is 0.000000562. The van der Waals surface area contributed by atoms with E-state index in [1.165, 1.54) is 0 Å². The number of esters is 2. The molecule has 0 bridgehead atoms. The first-order valence-electron chi connectivity index (χ1n) is 10.8. The van der Waals surface area contributed by atoms with E-state index in [-0.39, 0.29) is 32.5 Å². The Morgan fingerprint density at radius 2 is 1.61 bits per heavy atom. The van der Waals surface area contributed by atoms with Gasteiger partial charge in [0.15, 0.2) is 0 Å². The van der Waals surface area contributed by atoms with Gasteiger partial charge >= 0.3 is 11.9 Å². The first-order valence-corrected chi connectivity index (χ1v) is 10.8. The van der Waals surface area contributed by atoms with Crippen molar-refractivity contribution in [1.82, 2.24) is 5.32 Å². The maximum absolute atomic E-state index is 11.4. The number of ether oxygens (including phenoxy) is 4. The van der Waals surface area contributed by atoms with Crippen LogP contribution in [0.1, 0.15) is 74.7 Å². The number of rotatable bonds is 5. The summed E-state index contributed by atoms with van der Waals surface area (Å²) in [5.41, 5.74) is 0.134. The SMILES string of the molecule is C.CC(C)(C)OC(=O)CN=C1CCCOC1.CC(C)(C)OC(=O)CNC1CCCOC1. The highest BCUT2D eigenvalue weighted by Crippen LogP contribution is 2.09. The van der Waals surface area contributed by atoms with E-state index in [2.05, 4.69) is 10.3 Å². The molecule has 2 heterocycles. The maximum atomic E-state index is 11.4. The number of aliphatic imine (C=N–C) groups is 1. The second kappa shape index (κ2) is 14.5. The number of hydrogen-bond donors (Lipinski definition) is 1. The molecular formula is C23H44N2O6. The Hall–Kier alpha value is -1.51. The van der Waals surface area contributed by atoms with Crippen LogP contribution in [0, 0.1) is 0 Å². The molecule has 1 atom stereocenters. The first kappa shape index (κ1) is 29.5. The molecule has 8 nitrogen and oxygen atoms in total. The average Bonchev–Trinajstić information content (AvgIpc) is 2.64. The molecule has 182 valence electrons. The summed E-state index contributed by atoms with van der Waals surface area (Å²) in [6.07, 6.45) is 4.06. The summed E-state index contributed by atoms with van der Waals surface area (Å²) < 4.78 is 20.9. The van der Waals surface area contributed by atoms with Crippen LogP contribution >= 0.6 is 0 Å². The smallest absolute Gasteiger partial charge is 0.328 e. The molecule has 0 saturated carbocycles. The van der Waals surface area contributed by atoms with Crippen LogP contribution in [0.5, 0.6) is 0 Å². The van der Waals surface area contributed by atoms with Crippen molar-refractivity contribution in [3.05, 3.63) is 0 Å². The van der Waals surface area contributed by atoms with E-state index < -0.39 is 11.2 Å². The third-order valence-corrected chi connectivity index (χ3v) is 3.99. The van der Waals surface area contributed by atoms with Gasteiger partial charge in [0.05, 0.1) is 19.8 Å². The van der Waals surface area contributed by atoms with E-state index >= 15 is 0 Å². The van der Waals surface area contributed by atoms with Crippen LogP contribution < -0.4 is 5.32 Å². The van der Waals surface area contributed by atoms with E-state index in [1.54, 1.807) is 0 Å². The van der Waals surface area contributed by atoms with Crippen LogP contribution in [0.15, 0.2) is 4.99 Å². The number of carbonyl (C=O) groups excluding carboxylic acids is 2. The van der Waals surface area contributed by atoms with Gasteiger partial charge in [0.25, 0.3) is 0 Å². The summed E-state index contributed by atoms with van der Waals surface area (Å²) in [4.78, 5) is 26.9. The molecule has 0 aromatic rings. The molecule has 2 rings (SSSR count). The van der Waals surface area contributed by atoms with E-state index in [0.29, 0.717) is 19.3 Å². The van der Waals surface area contributed by atoms with Crippen LogP contribution in [-0.4, -0.2) is 74.4 Å². The van der Waals surface area contributed by atoms with E-state index in [4.69, 9.17) is 18.9 Å². The van der Waals surface area contributed by atoms with Gasteiger partial charge in [0, 0.05) is 25.0 Å². The lowest BCUT2D eigenvalue weighted by Gasteiger charge is -2.24. The summed E-state index contributed by atoms with van der Waals surface area (Å²) in [5.74, 6) is -0.478. The van der Waals surface area contributed by atoms with E-state index in [9.17, 15) is 9.59 Å². The summed E-state index contributed by atoms with van der Waals surface area (Å²) >= 11 is 0. The van der Waals surface area contributed by atoms with Crippen molar-refractivity contribution >= 4 is 17.7 Å². The zero-order chi connectivity index (χ0) is 22.6. The molecule has 31 heavy (non-hydrogen) atoms. The Labute approximate surface area is 188 Å². The topological polar surface area (TPSA) is 95.5 Å². The molecule has 2 aliphatic rings. The third-order valence-electron chi connectivity index (χ3n) is 3.99. The fourth-order valence-electron chi connectivity index (χ4n) is 2.82. The zero-order valence-electron chi connectivity index (χ0n) is 19.5. The fraction of sp³-hybridized carbons (Fsp3) is 0.870. The summed E-state index contributed by atoms with van der Waals surface area (Å²) in [6, 6.07) is 0.297. The van der Waals surface area contributed by atoms with Gasteiger partial charge in [-0.15, -0.1) is 0 Å². The molecule has 1 unspecified atom stereocenters. The highest BCUT2D eigenvalue weighted by molar-refractivity contribution is 5.88. The molecule has 0 aromatic heterocycles. The van der Waals surface area contributed by atoms with E-state index in [1.807, 2.05) is 41.5 Å². The minimum atomic E-state index is -0.430. The van der Waals surface area contributed by atoms with Crippen LogP contribution in [0.2, 0.25) is 0 Å². The Bertz CT molecular complexity index is 549. The molecule has 2 saturated heterocycles. The highest BCUT2D eigenvalue weighted by atomic mass is 16.6. The van der Waals surface area contributed by atoms with Crippen molar-refractivity contribution in [1.29, 1.82) is 0 Å². The maximum Gasteiger partial charge on any atom is 0.328 e. The molecule has 2 aliphatic heterocycles. The van der Waals surface area contributed by atoms with Gasteiger partial charge in [0.2, 0.25) is 0 Å². The largest absolute Gasteiger partial charge is 0.459 e. The lowest BCUT2D eigenvalue weighted by Crippen LogP contribution is -2.41. The molecule has 1 N–H and O–H groups in total. The minimum absolute atomic E-state index is 0. The molecule has 0 spiro atoms. The van der Waals surface area contributed by atoms with Gasteiger partial charge < -0.3 is 24.3 Å². The summed E-state index contributed by atoms with van der Waals surface area (Å²) in [6.45, 7) is 14.4. The Morgan fingerprint density at radius 3 is 2.13 bits per heavy atom. The Kier molecular flexibility index (Phi) is 13.8. The number of nitrogens with one attached hydrogen (secondary N) is 1. The third kappa shape index (κ3) is 16.8. The van der Waals surface area contributed by atoms with Crippen molar-refractivity contribution in [3.8, 4) is 0 Å².